The Morgan fingerprint density at radius 3 is 2.69 bits per heavy atom. The Bertz CT molecular complexity index is 846. The van der Waals surface area contributed by atoms with Gasteiger partial charge >= 0.3 is 0 Å². The van der Waals surface area contributed by atoms with E-state index in [2.05, 4.69) is 29.4 Å². The molecule has 0 saturated carbocycles. The molecule has 7 nitrogen and oxygen atoms in total. The van der Waals surface area contributed by atoms with Crippen molar-refractivity contribution in [2.24, 2.45) is 0 Å². The quantitative estimate of drug-likeness (QED) is 0.778. The first-order chi connectivity index (χ1) is 12.7. The van der Waals surface area contributed by atoms with Crippen molar-refractivity contribution in [2.75, 3.05) is 23.7 Å². The lowest BCUT2D eigenvalue weighted by Gasteiger charge is -2.32. The molecule has 3 aromatic rings. The van der Waals surface area contributed by atoms with Crippen molar-refractivity contribution in [3.05, 3.63) is 60.1 Å². The molecule has 0 radical (unpaired) electrons. The van der Waals surface area contributed by atoms with Crippen molar-refractivity contribution in [3.63, 3.8) is 0 Å². The number of rotatable bonds is 4. The van der Waals surface area contributed by atoms with Gasteiger partial charge in [0.25, 0.3) is 0 Å². The first-order valence-electron chi connectivity index (χ1n) is 8.96. The first kappa shape index (κ1) is 16.5. The van der Waals surface area contributed by atoms with Gasteiger partial charge in [-0.15, -0.1) is 0 Å². The van der Waals surface area contributed by atoms with Crippen molar-refractivity contribution < 1.29 is 0 Å². The zero-order valence-corrected chi connectivity index (χ0v) is 14.9. The number of nitrogens with zero attached hydrogens (tertiary/aromatic N) is 6. The van der Waals surface area contributed by atoms with E-state index in [0.717, 1.165) is 55.5 Å². The Balaban J connectivity index is 1.45. The second-order valence-electron chi connectivity index (χ2n) is 6.72. The highest BCUT2D eigenvalue weighted by molar-refractivity contribution is 5.43. The van der Waals surface area contributed by atoms with Crippen molar-refractivity contribution in [3.8, 4) is 0 Å². The molecule has 3 aromatic heterocycles. The Labute approximate surface area is 152 Å². The second-order valence-corrected chi connectivity index (χ2v) is 6.72. The molecule has 26 heavy (non-hydrogen) atoms. The lowest BCUT2D eigenvalue weighted by molar-refractivity contribution is 0.467. The summed E-state index contributed by atoms with van der Waals surface area (Å²) in [5.41, 5.74) is 7.75. The lowest BCUT2D eigenvalue weighted by Crippen LogP contribution is -2.34. The summed E-state index contributed by atoms with van der Waals surface area (Å²) in [6, 6.07) is 8.01. The minimum absolute atomic E-state index is 0.341. The van der Waals surface area contributed by atoms with Gasteiger partial charge in [-0.3, -0.25) is 4.98 Å². The minimum atomic E-state index is 0.341. The fourth-order valence-corrected chi connectivity index (χ4v) is 3.58. The number of pyridine rings is 1. The Morgan fingerprint density at radius 1 is 1.12 bits per heavy atom. The Kier molecular flexibility index (Phi) is 4.51. The maximum Gasteiger partial charge on any atom is 0.222 e. The molecular weight excluding hydrogens is 326 g/mol. The average molecular weight is 349 g/mol. The van der Waals surface area contributed by atoms with Gasteiger partial charge in [-0.05, 0) is 31.9 Å². The van der Waals surface area contributed by atoms with Gasteiger partial charge in [0.05, 0.1) is 12.2 Å². The molecule has 0 aliphatic carbocycles. The van der Waals surface area contributed by atoms with E-state index in [9.17, 15) is 0 Å². The van der Waals surface area contributed by atoms with Crippen LogP contribution in [0.15, 0.2) is 42.9 Å². The number of aromatic nitrogens is 5. The Morgan fingerprint density at radius 2 is 1.96 bits per heavy atom. The third-order valence-corrected chi connectivity index (χ3v) is 4.85. The molecule has 0 spiro atoms. The maximum atomic E-state index is 5.80. The normalized spacial score (nSPS) is 15.3. The fourth-order valence-electron chi connectivity index (χ4n) is 3.58. The van der Waals surface area contributed by atoms with Crippen molar-refractivity contribution >= 4 is 11.8 Å². The number of nitrogen functional groups attached to an aromatic ring is 1. The summed E-state index contributed by atoms with van der Waals surface area (Å²) in [6.45, 7) is 4.59. The van der Waals surface area contributed by atoms with E-state index in [1.54, 1.807) is 0 Å². The van der Waals surface area contributed by atoms with E-state index < -0.39 is 0 Å². The highest BCUT2D eigenvalue weighted by atomic mass is 15.2. The number of anilines is 2. The molecular formula is C19H23N7. The number of hydrogen-bond acceptors (Lipinski definition) is 6. The molecule has 0 bridgehead atoms. The summed E-state index contributed by atoms with van der Waals surface area (Å²) < 4.78 is 2.22. The molecule has 134 valence electrons. The summed E-state index contributed by atoms with van der Waals surface area (Å²) in [5.74, 6) is 2.86. The molecule has 0 aromatic carbocycles. The largest absolute Gasteiger partial charge is 0.368 e. The molecule has 0 amide bonds. The summed E-state index contributed by atoms with van der Waals surface area (Å²) in [6.07, 6.45) is 7.86. The van der Waals surface area contributed by atoms with Gasteiger partial charge in [-0.2, -0.15) is 4.98 Å². The van der Waals surface area contributed by atoms with Crippen LogP contribution in [-0.2, 0) is 6.54 Å². The average Bonchev–Trinajstić information content (AvgIpc) is 3.10. The zero-order chi connectivity index (χ0) is 17.9. The first-order valence-corrected chi connectivity index (χ1v) is 8.96. The van der Waals surface area contributed by atoms with Crippen molar-refractivity contribution in [2.45, 2.75) is 32.2 Å². The van der Waals surface area contributed by atoms with Gasteiger partial charge in [0.15, 0.2) is 0 Å². The van der Waals surface area contributed by atoms with Gasteiger partial charge in [0.2, 0.25) is 5.95 Å². The molecule has 1 aliphatic heterocycles. The summed E-state index contributed by atoms with van der Waals surface area (Å²) in [4.78, 5) is 19.9. The SMILES string of the molecule is Cc1cc(N2CCC(c3nccn3Cc3ccccn3)CC2)nc(N)n1. The van der Waals surface area contributed by atoms with E-state index >= 15 is 0 Å². The summed E-state index contributed by atoms with van der Waals surface area (Å²) in [7, 11) is 0. The Hall–Kier alpha value is -2.96. The highest BCUT2D eigenvalue weighted by Crippen LogP contribution is 2.29. The van der Waals surface area contributed by atoms with Crippen LogP contribution in [0, 0.1) is 6.92 Å². The van der Waals surface area contributed by atoms with Crippen LogP contribution in [0.1, 0.15) is 36.0 Å². The molecule has 2 N–H and O–H groups in total. The number of piperidine rings is 1. The lowest BCUT2D eigenvalue weighted by atomic mass is 9.96. The van der Waals surface area contributed by atoms with Gasteiger partial charge in [0.1, 0.15) is 11.6 Å². The van der Waals surface area contributed by atoms with Crippen molar-refractivity contribution in [1.82, 2.24) is 24.5 Å². The fraction of sp³-hybridized carbons (Fsp3) is 0.368. The van der Waals surface area contributed by atoms with Gasteiger partial charge in [-0.25, -0.2) is 9.97 Å². The molecule has 4 rings (SSSR count). The van der Waals surface area contributed by atoms with E-state index in [4.69, 9.17) is 5.73 Å². The summed E-state index contributed by atoms with van der Waals surface area (Å²) in [5, 5.41) is 0. The molecule has 1 saturated heterocycles. The van der Waals surface area contributed by atoms with Gasteiger partial charge < -0.3 is 15.2 Å². The molecule has 4 heterocycles. The summed E-state index contributed by atoms with van der Waals surface area (Å²) >= 11 is 0. The van der Waals surface area contributed by atoms with E-state index in [1.165, 1.54) is 0 Å². The third-order valence-electron chi connectivity index (χ3n) is 4.85. The van der Waals surface area contributed by atoms with Crippen LogP contribution in [0.5, 0.6) is 0 Å². The number of nitrogens with two attached hydrogens (primary N) is 1. The van der Waals surface area contributed by atoms with E-state index in [1.807, 2.05) is 49.8 Å². The van der Waals surface area contributed by atoms with Crippen molar-refractivity contribution in [1.29, 1.82) is 0 Å². The predicted molar refractivity (Wildman–Crippen MR) is 101 cm³/mol. The van der Waals surface area contributed by atoms with Gasteiger partial charge in [0, 0.05) is 49.4 Å². The van der Waals surface area contributed by atoms with E-state index in [-0.39, 0.29) is 0 Å². The zero-order valence-electron chi connectivity index (χ0n) is 14.9. The minimum Gasteiger partial charge on any atom is -0.368 e. The van der Waals surface area contributed by atoms with Crippen LogP contribution in [0.2, 0.25) is 0 Å². The molecule has 0 atom stereocenters. The maximum absolute atomic E-state index is 5.80. The topological polar surface area (TPSA) is 85.8 Å². The standard InChI is InChI=1S/C19H23N7/c1-14-12-17(24-19(20)23-14)25-9-5-15(6-10-25)18-22-8-11-26(18)13-16-4-2-3-7-21-16/h2-4,7-8,11-12,15H,5-6,9-10,13H2,1H3,(H2,20,23,24). The smallest absolute Gasteiger partial charge is 0.222 e. The molecule has 0 unspecified atom stereocenters. The molecule has 7 heteroatoms. The molecule has 1 fully saturated rings. The van der Waals surface area contributed by atoms with Gasteiger partial charge in [-0.1, -0.05) is 6.07 Å². The third kappa shape index (κ3) is 3.51. The van der Waals surface area contributed by atoms with Crippen LogP contribution < -0.4 is 10.6 Å². The van der Waals surface area contributed by atoms with Crippen LogP contribution in [-0.4, -0.2) is 37.6 Å². The monoisotopic (exact) mass is 349 g/mol. The molecule has 1 aliphatic rings. The highest BCUT2D eigenvalue weighted by Gasteiger charge is 2.25. The van der Waals surface area contributed by atoms with Crippen LogP contribution in [0.3, 0.4) is 0 Å². The number of hydrogen-bond donors (Lipinski definition) is 1. The van der Waals surface area contributed by atoms with E-state index in [0.29, 0.717) is 11.9 Å². The van der Waals surface area contributed by atoms with Crippen LogP contribution >= 0.6 is 0 Å². The number of imidazole rings is 1. The van der Waals surface area contributed by atoms with Crippen LogP contribution in [0.25, 0.3) is 0 Å². The predicted octanol–water partition coefficient (Wildman–Crippen LogP) is 2.39. The second kappa shape index (κ2) is 7.11. The van der Waals surface area contributed by atoms with Crippen LogP contribution in [0.4, 0.5) is 11.8 Å². The number of aryl methyl sites for hydroxylation is 1.